The highest BCUT2D eigenvalue weighted by Gasteiger charge is 2.58. The Labute approximate surface area is 182 Å². The summed E-state index contributed by atoms with van der Waals surface area (Å²) in [5.74, 6) is 6.78. The molecule has 0 spiro atoms. The lowest BCUT2D eigenvalue weighted by Gasteiger charge is -2.58. The van der Waals surface area contributed by atoms with E-state index in [0.717, 1.165) is 41.4 Å². The van der Waals surface area contributed by atoms with Gasteiger partial charge in [-0.15, -0.1) is 0 Å². The summed E-state index contributed by atoms with van der Waals surface area (Å²) < 4.78 is 0. The maximum atomic E-state index is 2.77. The summed E-state index contributed by atoms with van der Waals surface area (Å²) >= 11 is 0. The highest BCUT2D eigenvalue weighted by Crippen LogP contribution is 2.67. The molecule has 0 aromatic carbocycles. The first-order chi connectivity index (χ1) is 13.8. The van der Waals surface area contributed by atoms with Gasteiger partial charge in [0.25, 0.3) is 0 Å². The molecule has 0 N–H and O–H groups in total. The van der Waals surface area contributed by atoms with Gasteiger partial charge in [-0.2, -0.15) is 0 Å². The maximum Gasteiger partial charge on any atom is -0.00851 e. The largest absolute Gasteiger partial charge is 0.0845 e. The van der Waals surface area contributed by atoms with E-state index in [1.807, 2.05) is 5.57 Å². The minimum atomic E-state index is 0.552. The zero-order valence-electron chi connectivity index (χ0n) is 20.6. The van der Waals surface area contributed by atoms with E-state index in [9.17, 15) is 0 Å². The van der Waals surface area contributed by atoms with Crippen molar-refractivity contribution in [2.24, 2.45) is 52.3 Å². The predicted molar refractivity (Wildman–Crippen MR) is 127 cm³/mol. The number of fused-ring (bicyclic) bond motifs is 5. The van der Waals surface area contributed by atoms with Crippen LogP contribution >= 0.6 is 0 Å². The summed E-state index contributed by atoms with van der Waals surface area (Å²) in [4.78, 5) is 0. The van der Waals surface area contributed by atoms with Gasteiger partial charge in [0.1, 0.15) is 0 Å². The average molecular weight is 399 g/mol. The van der Waals surface area contributed by atoms with Gasteiger partial charge in [0.05, 0.1) is 0 Å². The molecule has 0 aliphatic heterocycles. The Kier molecular flexibility index (Phi) is 6.32. The first kappa shape index (κ1) is 22.0. The minimum absolute atomic E-state index is 0.552. The second-order valence-electron chi connectivity index (χ2n) is 12.8. The van der Waals surface area contributed by atoms with Crippen LogP contribution in [0.5, 0.6) is 0 Å². The Morgan fingerprint density at radius 2 is 1.76 bits per heavy atom. The lowest BCUT2D eigenvalue weighted by atomic mass is 9.46. The van der Waals surface area contributed by atoms with E-state index in [-0.39, 0.29) is 0 Å². The quantitative estimate of drug-likeness (QED) is 0.391. The van der Waals surface area contributed by atoms with Gasteiger partial charge in [-0.1, -0.05) is 78.9 Å². The third kappa shape index (κ3) is 3.78. The van der Waals surface area contributed by atoms with Crippen LogP contribution in [-0.4, -0.2) is 0 Å². The Hall–Kier alpha value is -0.260. The molecule has 4 unspecified atom stereocenters. The molecule has 4 rings (SSSR count). The van der Waals surface area contributed by atoms with Crippen LogP contribution in [0.3, 0.4) is 0 Å². The second-order valence-corrected chi connectivity index (χ2v) is 12.8. The van der Waals surface area contributed by atoms with Crippen LogP contribution in [0.15, 0.2) is 11.6 Å². The topological polar surface area (TPSA) is 0 Å². The Balaban J connectivity index is 1.48. The summed E-state index contributed by atoms with van der Waals surface area (Å²) in [5.41, 5.74) is 3.08. The van der Waals surface area contributed by atoms with Crippen LogP contribution in [0.4, 0.5) is 0 Å². The average Bonchev–Trinajstić information content (AvgIpc) is 3.04. The zero-order valence-corrected chi connectivity index (χ0v) is 20.6. The molecule has 3 saturated carbocycles. The standard InChI is InChI=1S/C29H50/c1-7-22-15-17-28(5)23(19-22)11-12-24-26-14-13-25(21(4)10-8-9-20(2)3)29(26,6)18-16-27(24)28/h11,20-22,24-27H,7-10,12-19H2,1-6H3/t21?,22-,24?,25+,26?,27?,28-,29+/m0/s1. The molecule has 0 heterocycles. The zero-order chi connectivity index (χ0) is 20.8. The van der Waals surface area contributed by atoms with E-state index in [1.54, 1.807) is 0 Å². The van der Waals surface area contributed by atoms with Gasteiger partial charge >= 0.3 is 0 Å². The third-order valence-corrected chi connectivity index (χ3v) is 11.0. The number of hydrogen-bond acceptors (Lipinski definition) is 0. The molecule has 3 fully saturated rings. The summed E-state index contributed by atoms with van der Waals surface area (Å²) in [5, 5.41) is 0. The van der Waals surface area contributed by atoms with Crippen molar-refractivity contribution in [2.45, 2.75) is 119 Å². The molecular weight excluding hydrogens is 348 g/mol. The van der Waals surface area contributed by atoms with E-state index in [4.69, 9.17) is 0 Å². The SMILES string of the molecule is CC[C@H]1CC[C@@]2(C)C(=CCC3C2CC[C@@]2(C)C3CC[C@@H]2C(C)CCCC(C)C)C1. The highest BCUT2D eigenvalue weighted by atomic mass is 14.6. The molecule has 166 valence electrons. The van der Waals surface area contributed by atoms with Crippen LogP contribution in [-0.2, 0) is 0 Å². The van der Waals surface area contributed by atoms with E-state index in [0.29, 0.717) is 10.8 Å². The first-order valence-electron chi connectivity index (χ1n) is 13.5. The van der Waals surface area contributed by atoms with E-state index >= 15 is 0 Å². The fraction of sp³-hybridized carbons (Fsp3) is 0.931. The van der Waals surface area contributed by atoms with Crippen molar-refractivity contribution in [2.75, 3.05) is 0 Å². The fourth-order valence-electron chi connectivity index (χ4n) is 9.11. The van der Waals surface area contributed by atoms with Crippen molar-refractivity contribution in [3.8, 4) is 0 Å². The van der Waals surface area contributed by atoms with Gasteiger partial charge in [0, 0.05) is 0 Å². The summed E-state index contributed by atoms with van der Waals surface area (Å²) in [7, 11) is 0. The van der Waals surface area contributed by atoms with Crippen LogP contribution in [0, 0.1) is 52.3 Å². The van der Waals surface area contributed by atoms with E-state index in [1.165, 1.54) is 77.0 Å². The van der Waals surface area contributed by atoms with E-state index in [2.05, 4.69) is 47.6 Å². The lowest BCUT2D eigenvalue weighted by Crippen LogP contribution is -2.50. The smallest absolute Gasteiger partial charge is 0.00851 e. The van der Waals surface area contributed by atoms with Gasteiger partial charge < -0.3 is 0 Å². The van der Waals surface area contributed by atoms with E-state index < -0.39 is 0 Å². The normalized spacial score (nSPS) is 45.3. The summed E-state index contributed by atoms with van der Waals surface area (Å²) in [6.07, 6.45) is 20.4. The molecule has 29 heavy (non-hydrogen) atoms. The Bertz CT molecular complexity index is 599. The Morgan fingerprint density at radius 1 is 0.966 bits per heavy atom. The van der Waals surface area contributed by atoms with Crippen molar-refractivity contribution < 1.29 is 0 Å². The molecule has 4 aliphatic carbocycles. The Morgan fingerprint density at radius 3 is 2.48 bits per heavy atom. The van der Waals surface area contributed by atoms with Gasteiger partial charge in [-0.05, 0) is 104 Å². The monoisotopic (exact) mass is 398 g/mol. The molecule has 0 amide bonds. The van der Waals surface area contributed by atoms with Crippen molar-refractivity contribution in [1.29, 1.82) is 0 Å². The third-order valence-electron chi connectivity index (χ3n) is 11.0. The van der Waals surface area contributed by atoms with Crippen LogP contribution in [0.25, 0.3) is 0 Å². The molecular formula is C29H50. The molecule has 8 atom stereocenters. The number of rotatable bonds is 6. The van der Waals surface area contributed by atoms with Crippen LogP contribution < -0.4 is 0 Å². The first-order valence-corrected chi connectivity index (χ1v) is 13.5. The molecule has 4 aliphatic rings. The fourth-order valence-corrected chi connectivity index (χ4v) is 9.11. The van der Waals surface area contributed by atoms with Crippen molar-refractivity contribution in [3.05, 3.63) is 11.6 Å². The van der Waals surface area contributed by atoms with Crippen molar-refractivity contribution >= 4 is 0 Å². The second kappa shape index (κ2) is 8.35. The summed E-state index contributed by atoms with van der Waals surface area (Å²) in [6, 6.07) is 0. The van der Waals surface area contributed by atoms with Crippen LogP contribution in [0.1, 0.15) is 119 Å². The maximum absolute atomic E-state index is 2.77. The lowest BCUT2D eigenvalue weighted by molar-refractivity contribution is -0.0528. The molecule has 0 radical (unpaired) electrons. The highest BCUT2D eigenvalue weighted by molar-refractivity contribution is 5.25. The summed E-state index contributed by atoms with van der Waals surface area (Å²) in [6.45, 7) is 15.2. The molecule has 0 aromatic rings. The molecule has 0 saturated heterocycles. The van der Waals surface area contributed by atoms with Crippen molar-refractivity contribution in [1.82, 2.24) is 0 Å². The van der Waals surface area contributed by atoms with Gasteiger partial charge in [0.15, 0.2) is 0 Å². The van der Waals surface area contributed by atoms with Crippen LogP contribution in [0.2, 0.25) is 0 Å². The minimum Gasteiger partial charge on any atom is -0.0845 e. The van der Waals surface area contributed by atoms with Crippen molar-refractivity contribution in [3.63, 3.8) is 0 Å². The molecule has 0 heteroatoms. The molecule has 0 nitrogen and oxygen atoms in total. The number of allylic oxidation sites excluding steroid dienone is 2. The predicted octanol–water partition coefficient (Wildman–Crippen LogP) is 9.05. The van der Waals surface area contributed by atoms with Gasteiger partial charge in [-0.25, -0.2) is 0 Å². The molecule has 0 bridgehead atoms. The molecule has 0 aromatic heterocycles. The number of hydrogen-bond donors (Lipinski definition) is 0. The van der Waals surface area contributed by atoms with Gasteiger partial charge in [-0.3, -0.25) is 0 Å². The van der Waals surface area contributed by atoms with Gasteiger partial charge in [0.2, 0.25) is 0 Å².